The lowest BCUT2D eigenvalue weighted by atomic mass is 9.90. The topological polar surface area (TPSA) is 165 Å². The summed E-state index contributed by atoms with van der Waals surface area (Å²) in [7, 11) is 11.8. The quantitative estimate of drug-likeness (QED) is 0.0204. The van der Waals surface area contributed by atoms with E-state index in [2.05, 4.69) is 66.4 Å². The molecule has 482 valence electrons. The van der Waals surface area contributed by atoms with E-state index < -0.39 is 0 Å². The van der Waals surface area contributed by atoms with Gasteiger partial charge in [-0.1, -0.05) is 124 Å². The molecular weight excluding hydrogens is 1230 g/mol. The van der Waals surface area contributed by atoms with Crippen LogP contribution in [0.2, 0.25) is 0 Å². The Balaban J connectivity index is 1.20. The van der Waals surface area contributed by atoms with E-state index in [1.165, 1.54) is 36.5 Å². The van der Waals surface area contributed by atoms with Crippen molar-refractivity contribution in [3.05, 3.63) is 117 Å². The Kier molecular flexibility index (Phi) is 28.2. The van der Waals surface area contributed by atoms with Crippen LogP contribution in [0, 0.1) is 0 Å². The van der Waals surface area contributed by atoms with Crippen LogP contribution < -0.4 is 45.5 Å². The number of hydrogen-bond acceptors (Lipinski definition) is 14. The van der Waals surface area contributed by atoms with E-state index in [0.717, 1.165) is 134 Å². The first-order valence-corrected chi connectivity index (χ1v) is 40.0. The summed E-state index contributed by atoms with van der Waals surface area (Å²) in [6.07, 6.45) is 24.3. The highest BCUT2D eigenvalue weighted by atomic mass is 33.1. The monoisotopic (exact) mass is 1320 g/mol. The Bertz CT molecular complexity index is 2940. The van der Waals surface area contributed by atoms with Crippen molar-refractivity contribution in [3.63, 3.8) is 0 Å². The Labute approximate surface area is 553 Å². The van der Waals surface area contributed by atoms with E-state index in [1.54, 1.807) is 0 Å². The number of amides is 5. The van der Waals surface area contributed by atoms with E-state index in [4.69, 9.17) is 18.9 Å². The highest BCUT2D eigenvalue weighted by Gasteiger charge is 2.27. The van der Waals surface area contributed by atoms with Gasteiger partial charge in [0.15, 0.2) is 0 Å². The molecule has 5 N–H and O–H groups in total. The summed E-state index contributed by atoms with van der Waals surface area (Å²) in [5, 5.41) is 18.2. The second-order valence-electron chi connectivity index (χ2n) is 23.9. The van der Waals surface area contributed by atoms with E-state index >= 15 is 0 Å². The van der Waals surface area contributed by atoms with Crippen molar-refractivity contribution in [3.8, 4) is 23.0 Å². The smallest absolute Gasteiger partial charge is 0.323 e. The van der Waals surface area contributed by atoms with Crippen LogP contribution in [0.1, 0.15) is 201 Å². The van der Waals surface area contributed by atoms with Gasteiger partial charge in [-0.3, -0.25) is 14.4 Å². The standard InChI is InChI=1S/C70H93N5O8S6/c1-5-28-80-66-47-35-49-41-57(72-64(77)23-15-12-20-61-26-33-85-88-61)43-51(67(49)81-29-6-2)37-53-45-59(75-70(79)74-55-17-9-10-18-55)46-54(69(53)83-31-8-4)38-52-44-58(73-65(78)24-16-13-21-62-27-34-86-89-62)42-50(68(52)82-30-7-3)36-48(66)40-56(39-47)71-63(76)22-14-11-19-60-25-32-84-87-60/h9-10,17,39-46,60-62H,5-8,11-16,18-38H2,1-4H3,(H,71,76)(H,72,77)(H,73,78)(H2,74,75,79). The second kappa shape index (κ2) is 36.5. The van der Waals surface area contributed by atoms with Crippen molar-refractivity contribution in [2.45, 2.75) is 198 Å². The number of benzene rings is 4. The molecular formula is C70H93N5O8S6. The van der Waals surface area contributed by atoms with Gasteiger partial charge >= 0.3 is 6.03 Å². The van der Waals surface area contributed by atoms with Gasteiger partial charge in [-0.25, -0.2) is 4.79 Å². The molecule has 4 aromatic rings. The highest BCUT2D eigenvalue weighted by molar-refractivity contribution is 8.78. The van der Waals surface area contributed by atoms with Crippen LogP contribution in [0.25, 0.3) is 0 Å². The number of anilines is 4. The molecule has 3 saturated heterocycles. The molecule has 3 fully saturated rings. The Morgan fingerprint density at radius 3 is 0.978 bits per heavy atom. The zero-order chi connectivity index (χ0) is 62.2. The molecule has 8 bridgehead atoms. The number of nitrogens with one attached hydrogen (secondary N) is 5. The van der Waals surface area contributed by atoms with Crippen molar-refractivity contribution in [1.82, 2.24) is 5.32 Å². The predicted molar refractivity (Wildman–Crippen MR) is 381 cm³/mol. The number of unbranched alkanes of at least 4 members (excludes halogenated alkanes) is 3. The molecule has 0 saturated carbocycles. The molecule has 9 rings (SSSR count). The second-order valence-corrected chi connectivity index (χ2v) is 32.2. The van der Waals surface area contributed by atoms with Gasteiger partial charge in [0.25, 0.3) is 0 Å². The van der Waals surface area contributed by atoms with Crippen molar-refractivity contribution in [1.29, 1.82) is 0 Å². The van der Waals surface area contributed by atoms with Crippen LogP contribution in [0.5, 0.6) is 23.0 Å². The fourth-order valence-electron chi connectivity index (χ4n) is 11.9. The molecule has 5 aliphatic rings. The predicted octanol–water partition coefficient (Wildman–Crippen LogP) is 18.4. The maximum Gasteiger partial charge on any atom is 0.323 e. The number of ether oxygens (including phenoxy) is 4. The van der Waals surface area contributed by atoms with Crippen molar-refractivity contribution in [2.75, 3.05) is 65.0 Å². The van der Waals surface area contributed by atoms with Gasteiger partial charge in [-0.2, -0.15) is 0 Å². The normalized spacial score (nSPS) is 17.7. The maximum atomic E-state index is 14.2. The van der Waals surface area contributed by atoms with Gasteiger partial charge in [-0.15, -0.1) is 0 Å². The van der Waals surface area contributed by atoms with Crippen LogP contribution in [0.3, 0.4) is 0 Å². The minimum atomic E-state index is -0.364. The van der Waals surface area contributed by atoms with Crippen LogP contribution in [0.15, 0.2) is 72.5 Å². The van der Waals surface area contributed by atoms with Crippen molar-refractivity contribution >= 4 is 111 Å². The summed E-state index contributed by atoms with van der Waals surface area (Å²) in [6, 6.07) is 15.9. The fraction of sp³-hybridized carbons (Fsp3) is 0.543. The van der Waals surface area contributed by atoms with Gasteiger partial charge < -0.3 is 45.5 Å². The number of urea groups is 1. The lowest BCUT2D eigenvalue weighted by Gasteiger charge is -2.25. The third-order valence-electron chi connectivity index (χ3n) is 16.2. The SMILES string of the molecule is CCCOc1c2cc(NC(=O)CCCCC3CCSS3)cc1Cc1cc(NC(=O)CCCCC3CCSS3)cc(c1OCCC)Cc1cc(NC(=O)NC3=CC=CC3)cc(c1OCCC)Cc1cc(NC(=O)CCCCC3CCSS3)cc(c1OCCC)C2. The Morgan fingerprint density at radius 2 is 0.719 bits per heavy atom. The van der Waals surface area contributed by atoms with E-state index in [0.29, 0.717) is 139 Å². The summed E-state index contributed by atoms with van der Waals surface area (Å²) >= 11 is 0. The van der Waals surface area contributed by atoms with Crippen LogP contribution in [0.4, 0.5) is 27.5 Å². The van der Waals surface area contributed by atoms with Crippen LogP contribution in [-0.2, 0) is 40.1 Å². The molecule has 2 aliphatic carbocycles. The van der Waals surface area contributed by atoms with Crippen LogP contribution >= 0.6 is 64.8 Å². The summed E-state index contributed by atoms with van der Waals surface area (Å²) in [5.41, 5.74) is 10.0. The number of carbonyl (C=O) groups is 4. The van der Waals surface area contributed by atoms with Gasteiger partial charge in [0.05, 0.1) is 26.4 Å². The molecule has 4 aromatic carbocycles. The molecule has 89 heavy (non-hydrogen) atoms. The largest absolute Gasteiger partial charge is 0.493 e. The molecule has 3 aliphatic heterocycles. The van der Waals surface area contributed by atoms with E-state index in [1.807, 2.05) is 119 Å². The first kappa shape index (κ1) is 68.7. The molecule has 3 atom stereocenters. The van der Waals surface area contributed by atoms with Gasteiger partial charge in [0, 0.05) is 157 Å². The minimum absolute atomic E-state index is 0.0411. The molecule has 3 heterocycles. The highest BCUT2D eigenvalue weighted by Crippen LogP contribution is 2.45. The van der Waals surface area contributed by atoms with Gasteiger partial charge in [-0.05, 0) is 138 Å². The first-order valence-electron chi connectivity index (χ1n) is 32.9. The number of rotatable bonds is 32. The van der Waals surface area contributed by atoms with Crippen LogP contribution in [-0.4, -0.2) is 83.2 Å². The minimum Gasteiger partial charge on any atom is -0.493 e. The third-order valence-corrected chi connectivity index (χ3v) is 25.2. The summed E-state index contributed by atoms with van der Waals surface area (Å²) in [6.45, 7) is 10.1. The molecule has 13 nitrogen and oxygen atoms in total. The molecule has 5 amide bonds. The van der Waals surface area contributed by atoms with Gasteiger partial charge in [0.1, 0.15) is 23.0 Å². The zero-order valence-electron chi connectivity index (χ0n) is 52.7. The maximum absolute atomic E-state index is 14.2. The first-order chi connectivity index (χ1) is 43.5. The van der Waals surface area contributed by atoms with E-state index in [-0.39, 0.29) is 23.8 Å². The number of allylic oxidation sites excluding steroid dienone is 3. The zero-order valence-corrected chi connectivity index (χ0v) is 57.6. The van der Waals surface area contributed by atoms with Gasteiger partial charge in [0.2, 0.25) is 17.7 Å². The third kappa shape index (κ3) is 21.4. The number of fused-ring (bicyclic) bond motifs is 8. The average molecular weight is 1320 g/mol. The molecule has 0 aromatic heterocycles. The molecule has 19 heteroatoms. The molecule has 0 radical (unpaired) electrons. The lowest BCUT2D eigenvalue weighted by molar-refractivity contribution is -0.117. The lowest BCUT2D eigenvalue weighted by Crippen LogP contribution is -2.27. The summed E-state index contributed by atoms with van der Waals surface area (Å²) in [5.74, 6) is 6.20. The van der Waals surface area contributed by atoms with E-state index in [9.17, 15) is 19.2 Å². The summed E-state index contributed by atoms with van der Waals surface area (Å²) in [4.78, 5) is 56.5. The Hall–Kier alpha value is -4.66. The molecule has 3 unspecified atom stereocenters. The summed E-state index contributed by atoms with van der Waals surface area (Å²) < 4.78 is 27.9. The Morgan fingerprint density at radius 1 is 0.416 bits per heavy atom. The van der Waals surface area contributed by atoms with Crippen molar-refractivity contribution < 1.29 is 38.1 Å². The average Bonchev–Trinajstić information content (AvgIpc) is 1.28. The number of carbonyl (C=O) groups excluding carboxylic acids is 4. The fourth-order valence-corrected chi connectivity index (χ4v) is 21.0. The number of hydrogen-bond donors (Lipinski definition) is 5. The van der Waals surface area contributed by atoms with Crippen molar-refractivity contribution in [2.24, 2.45) is 0 Å². The molecule has 0 spiro atoms.